The van der Waals surface area contributed by atoms with Crippen molar-refractivity contribution in [3.05, 3.63) is 35.9 Å². The molecule has 1 aliphatic carbocycles. The van der Waals surface area contributed by atoms with E-state index in [1.54, 1.807) is 0 Å². The summed E-state index contributed by atoms with van der Waals surface area (Å²) in [6, 6.07) is 9.44. The van der Waals surface area contributed by atoms with Crippen molar-refractivity contribution in [1.29, 1.82) is 0 Å². The number of nitrogens with two attached hydrogens (primary N) is 1. The number of hydrogen-bond acceptors (Lipinski definition) is 3. The first-order valence-electron chi connectivity index (χ1n) is 7.39. The van der Waals surface area contributed by atoms with Gasteiger partial charge in [0, 0.05) is 19.0 Å². The molecule has 3 rings (SSSR count). The van der Waals surface area contributed by atoms with Crippen molar-refractivity contribution in [2.24, 2.45) is 17.6 Å². The van der Waals surface area contributed by atoms with Crippen LogP contribution >= 0.6 is 12.2 Å². The largest absolute Gasteiger partial charge is 0.393 e. The highest BCUT2D eigenvalue weighted by atomic mass is 32.1. The Morgan fingerprint density at radius 3 is 2.62 bits per heavy atom. The molecule has 112 valence electrons. The van der Waals surface area contributed by atoms with Gasteiger partial charge in [0.15, 0.2) is 0 Å². The maximum Gasteiger partial charge on any atom is 0.237 e. The summed E-state index contributed by atoms with van der Waals surface area (Å²) >= 11 is 5.12. The molecule has 3 N–H and O–H groups in total. The highest BCUT2D eigenvalue weighted by Crippen LogP contribution is 2.39. The van der Waals surface area contributed by atoms with Gasteiger partial charge in [0.2, 0.25) is 5.91 Å². The maximum atomic E-state index is 12.8. The highest BCUT2D eigenvalue weighted by molar-refractivity contribution is 7.80. The van der Waals surface area contributed by atoms with Gasteiger partial charge in [-0.3, -0.25) is 4.79 Å². The third kappa shape index (κ3) is 2.68. The predicted molar refractivity (Wildman–Crippen MR) is 84.8 cm³/mol. The molecular formula is C16H20N2O2S. The molecule has 0 spiro atoms. The predicted octanol–water partition coefficient (Wildman–Crippen LogP) is 1.29. The zero-order valence-electron chi connectivity index (χ0n) is 11.8. The summed E-state index contributed by atoms with van der Waals surface area (Å²) in [7, 11) is 0. The van der Waals surface area contributed by atoms with E-state index >= 15 is 0 Å². The van der Waals surface area contributed by atoms with Gasteiger partial charge >= 0.3 is 0 Å². The molecule has 1 saturated heterocycles. The lowest BCUT2D eigenvalue weighted by Gasteiger charge is -2.24. The number of carbonyl (C=O) groups excluding carboxylic acids is 1. The number of thiocarbonyl (C=S) groups is 1. The van der Waals surface area contributed by atoms with Crippen LogP contribution < -0.4 is 5.73 Å². The monoisotopic (exact) mass is 304 g/mol. The molecule has 1 aromatic rings. The third-order valence-electron chi connectivity index (χ3n) is 4.80. The SMILES string of the molecule is NC(=S)C(C(=O)N1CC2CCC(O)C2C1)c1ccccc1. The third-order valence-corrected chi connectivity index (χ3v) is 5.03. The van der Waals surface area contributed by atoms with E-state index in [2.05, 4.69) is 0 Å². The summed E-state index contributed by atoms with van der Waals surface area (Å²) in [6.07, 6.45) is 1.58. The Labute approximate surface area is 129 Å². The first kappa shape index (κ1) is 14.5. The maximum absolute atomic E-state index is 12.8. The Morgan fingerprint density at radius 2 is 2.00 bits per heavy atom. The molecule has 0 aromatic heterocycles. The molecule has 4 nitrogen and oxygen atoms in total. The molecule has 2 fully saturated rings. The molecule has 1 aromatic carbocycles. The van der Waals surface area contributed by atoms with Crippen molar-refractivity contribution >= 4 is 23.1 Å². The smallest absolute Gasteiger partial charge is 0.237 e. The summed E-state index contributed by atoms with van der Waals surface area (Å²) in [6.45, 7) is 1.34. The molecule has 1 amide bonds. The van der Waals surface area contributed by atoms with Crippen LogP contribution in [-0.4, -0.2) is 40.1 Å². The standard InChI is InChI=1S/C16H20N2O2S/c17-15(21)14(10-4-2-1-3-5-10)16(20)18-8-11-6-7-13(19)12(11)9-18/h1-5,11-14,19H,6-9H2,(H2,17,21). The van der Waals surface area contributed by atoms with Gasteiger partial charge in [0.05, 0.1) is 11.1 Å². The van der Waals surface area contributed by atoms with Crippen LogP contribution in [0, 0.1) is 11.8 Å². The van der Waals surface area contributed by atoms with Gasteiger partial charge in [-0.25, -0.2) is 0 Å². The molecule has 1 heterocycles. The van der Waals surface area contributed by atoms with Crippen molar-refractivity contribution in [2.45, 2.75) is 24.9 Å². The van der Waals surface area contributed by atoms with Gasteiger partial charge in [0.25, 0.3) is 0 Å². The van der Waals surface area contributed by atoms with Crippen molar-refractivity contribution < 1.29 is 9.90 Å². The van der Waals surface area contributed by atoms with Crippen molar-refractivity contribution in [3.63, 3.8) is 0 Å². The number of nitrogens with zero attached hydrogens (tertiary/aromatic N) is 1. The van der Waals surface area contributed by atoms with E-state index in [9.17, 15) is 9.90 Å². The summed E-state index contributed by atoms with van der Waals surface area (Å²) < 4.78 is 0. The Hall–Kier alpha value is -1.46. The second kappa shape index (κ2) is 5.73. The van der Waals surface area contributed by atoms with Crippen LogP contribution in [0.25, 0.3) is 0 Å². The van der Waals surface area contributed by atoms with Crippen LogP contribution in [0.15, 0.2) is 30.3 Å². The minimum Gasteiger partial charge on any atom is -0.393 e. The average molecular weight is 304 g/mol. The topological polar surface area (TPSA) is 66.6 Å². The lowest BCUT2D eigenvalue weighted by Crippen LogP contribution is -2.39. The Balaban J connectivity index is 1.79. The zero-order valence-corrected chi connectivity index (χ0v) is 12.6. The second-order valence-electron chi connectivity index (χ2n) is 6.06. The van der Waals surface area contributed by atoms with Crippen LogP contribution in [0.4, 0.5) is 0 Å². The van der Waals surface area contributed by atoms with Crippen LogP contribution in [-0.2, 0) is 4.79 Å². The van der Waals surface area contributed by atoms with E-state index in [4.69, 9.17) is 18.0 Å². The lowest BCUT2D eigenvalue weighted by molar-refractivity contribution is -0.130. The van der Waals surface area contributed by atoms with E-state index in [1.165, 1.54) is 0 Å². The summed E-state index contributed by atoms with van der Waals surface area (Å²) in [5, 5.41) is 9.98. The molecular weight excluding hydrogens is 284 g/mol. The first-order chi connectivity index (χ1) is 10.1. The first-order valence-corrected chi connectivity index (χ1v) is 7.80. The van der Waals surface area contributed by atoms with Gasteiger partial charge < -0.3 is 15.7 Å². The van der Waals surface area contributed by atoms with Crippen LogP contribution in [0.2, 0.25) is 0 Å². The molecule has 21 heavy (non-hydrogen) atoms. The van der Waals surface area contributed by atoms with Crippen molar-refractivity contribution in [3.8, 4) is 0 Å². The van der Waals surface area contributed by atoms with Gasteiger partial charge in [-0.1, -0.05) is 42.5 Å². The molecule has 2 aliphatic rings. The fourth-order valence-electron chi connectivity index (χ4n) is 3.67. The number of fused-ring (bicyclic) bond motifs is 1. The average Bonchev–Trinajstić information content (AvgIpc) is 3.02. The summed E-state index contributed by atoms with van der Waals surface area (Å²) in [5.74, 6) is 0.0518. The van der Waals surface area contributed by atoms with Crippen LogP contribution in [0.5, 0.6) is 0 Å². The lowest BCUT2D eigenvalue weighted by atomic mass is 9.97. The number of carbonyl (C=O) groups is 1. The molecule has 0 radical (unpaired) electrons. The Bertz CT molecular complexity index is 548. The molecule has 0 bridgehead atoms. The van der Waals surface area contributed by atoms with E-state index in [0.717, 1.165) is 18.4 Å². The molecule has 4 atom stereocenters. The van der Waals surface area contributed by atoms with E-state index in [0.29, 0.717) is 19.0 Å². The van der Waals surface area contributed by atoms with Gasteiger partial charge in [-0.15, -0.1) is 0 Å². The minimum atomic E-state index is -0.558. The number of likely N-dealkylation sites (tertiary alicyclic amines) is 1. The fraction of sp³-hybridized carbons (Fsp3) is 0.500. The zero-order chi connectivity index (χ0) is 15.0. The number of benzene rings is 1. The molecule has 1 aliphatic heterocycles. The van der Waals surface area contributed by atoms with Crippen LogP contribution in [0.1, 0.15) is 24.3 Å². The summed E-state index contributed by atoms with van der Waals surface area (Å²) in [5.41, 5.74) is 6.66. The molecule has 1 saturated carbocycles. The Kier molecular flexibility index (Phi) is 3.95. The highest BCUT2D eigenvalue weighted by Gasteiger charge is 2.44. The van der Waals surface area contributed by atoms with E-state index in [1.807, 2.05) is 35.2 Å². The number of rotatable bonds is 3. The van der Waals surface area contributed by atoms with Gasteiger partial charge in [0.1, 0.15) is 5.92 Å². The van der Waals surface area contributed by atoms with Crippen molar-refractivity contribution in [2.75, 3.05) is 13.1 Å². The van der Waals surface area contributed by atoms with E-state index in [-0.39, 0.29) is 22.9 Å². The number of aliphatic hydroxyl groups excluding tert-OH is 1. The number of aliphatic hydroxyl groups is 1. The van der Waals surface area contributed by atoms with Crippen LogP contribution in [0.3, 0.4) is 0 Å². The molecule has 5 heteroatoms. The molecule has 4 unspecified atom stereocenters. The second-order valence-corrected chi connectivity index (χ2v) is 6.53. The normalized spacial score (nSPS) is 29.2. The minimum absolute atomic E-state index is 0.0321. The van der Waals surface area contributed by atoms with Crippen molar-refractivity contribution in [1.82, 2.24) is 4.90 Å². The fourth-order valence-corrected chi connectivity index (χ4v) is 3.91. The number of hydrogen-bond donors (Lipinski definition) is 2. The quantitative estimate of drug-likeness (QED) is 0.826. The van der Waals surface area contributed by atoms with E-state index < -0.39 is 5.92 Å². The Morgan fingerprint density at radius 1 is 1.29 bits per heavy atom. The van der Waals surface area contributed by atoms with Gasteiger partial charge in [-0.2, -0.15) is 0 Å². The van der Waals surface area contributed by atoms with Gasteiger partial charge in [-0.05, 0) is 24.3 Å². The summed E-state index contributed by atoms with van der Waals surface area (Å²) in [4.78, 5) is 14.8. The number of amides is 1.